The molecule has 0 bridgehead atoms. The molecular weight excluding hydrogens is 365 g/mol. The van der Waals surface area contributed by atoms with Crippen molar-refractivity contribution in [1.82, 2.24) is 0 Å². The van der Waals surface area contributed by atoms with Crippen molar-refractivity contribution in [3.63, 3.8) is 0 Å². The van der Waals surface area contributed by atoms with Crippen LogP contribution in [0.5, 0.6) is 11.5 Å². The number of halogens is 2. The fraction of sp³-hybridized carbons (Fsp3) is 0.500. The Morgan fingerprint density at radius 3 is 2.57 bits per heavy atom. The zero-order valence-corrected chi connectivity index (χ0v) is 15.3. The van der Waals surface area contributed by atoms with Crippen molar-refractivity contribution in [2.75, 3.05) is 20.1 Å². The molecule has 0 fully saturated rings. The van der Waals surface area contributed by atoms with Gasteiger partial charge in [-0.3, -0.25) is 0 Å². The molecule has 1 atom stereocenters. The van der Waals surface area contributed by atoms with Gasteiger partial charge in [-0.2, -0.15) is 0 Å². The molecule has 1 aliphatic heterocycles. The second-order valence-corrected chi connectivity index (χ2v) is 8.02. The molecule has 1 unspecified atom stereocenters. The van der Waals surface area contributed by atoms with Crippen LogP contribution < -0.4 is 9.47 Å². The molecule has 1 aliphatic rings. The predicted molar refractivity (Wildman–Crippen MR) is 89.4 cm³/mol. The van der Waals surface area contributed by atoms with E-state index in [0.29, 0.717) is 16.3 Å². The molecule has 128 valence electrons. The first-order valence-electron chi connectivity index (χ1n) is 6.69. The van der Waals surface area contributed by atoms with E-state index in [1.54, 1.807) is 19.1 Å². The van der Waals surface area contributed by atoms with Crippen LogP contribution in [0.1, 0.15) is 18.9 Å². The monoisotopic (exact) mass is 381 g/mol. The molecule has 0 aliphatic carbocycles. The van der Waals surface area contributed by atoms with Gasteiger partial charge in [-0.15, -0.1) is 11.6 Å². The van der Waals surface area contributed by atoms with Crippen LogP contribution >= 0.6 is 23.2 Å². The second kappa shape index (κ2) is 6.75. The third-order valence-electron chi connectivity index (χ3n) is 3.46. The smallest absolute Gasteiger partial charge is 0.199 e. The van der Waals surface area contributed by atoms with E-state index in [1.165, 1.54) is 14.2 Å². The number of oxime groups is 1. The van der Waals surface area contributed by atoms with Crippen molar-refractivity contribution in [3.8, 4) is 11.5 Å². The van der Waals surface area contributed by atoms with Gasteiger partial charge >= 0.3 is 0 Å². The minimum atomic E-state index is -3.73. The minimum absolute atomic E-state index is 0.0512. The molecular formula is C14H17Cl2NO5S. The van der Waals surface area contributed by atoms with Gasteiger partial charge < -0.3 is 14.3 Å². The van der Waals surface area contributed by atoms with Crippen LogP contribution in [0.3, 0.4) is 0 Å². The highest BCUT2D eigenvalue weighted by Crippen LogP contribution is 2.38. The van der Waals surface area contributed by atoms with Gasteiger partial charge in [-0.25, -0.2) is 8.42 Å². The van der Waals surface area contributed by atoms with Crippen molar-refractivity contribution in [2.45, 2.75) is 24.7 Å². The van der Waals surface area contributed by atoms with E-state index in [-0.39, 0.29) is 28.8 Å². The minimum Gasteiger partial charge on any atom is -0.496 e. The molecule has 2 rings (SSSR count). The molecule has 0 N–H and O–H groups in total. The fourth-order valence-corrected chi connectivity index (χ4v) is 4.08. The quantitative estimate of drug-likeness (QED) is 0.732. The summed E-state index contributed by atoms with van der Waals surface area (Å²) in [7, 11) is -0.870. The SMILES string of the molecule is COc1ccc(Cl)c(OC)c1CS(=O)(=O)C1=NOC(C)(CCl)C1. The van der Waals surface area contributed by atoms with Gasteiger partial charge in [0.2, 0.25) is 0 Å². The summed E-state index contributed by atoms with van der Waals surface area (Å²) in [5.41, 5.74) is -0.475. The van der Waals surface area contributed by atoms with E-state index in [1.807, 2.05) is 0 Å². The number of rotatable bonds is 5. The highest BCUT2D eigenvalue weighted by Gasteiger charge is 2.39. The van der Waals surface area contributed by atoms with Crippen LogP contribution in [0.15, 0.2) is 17.3 Å². The summed E-state index contributed by atoms with van der Waals surface area (Å²) in [6.07, 6.45) is 0.115. The van der Waals surface area contributed by atoms with Crippen LogP contribution in [0, 0.1) is 0 Å². The topological polar surface area (TPSA) is 74.2 Å². The summed E-state index contributed by atoms with van der Waals surface area (Å²) in [6, 6.07) is 3.17. The molecule has 1 heterocycles. The Morgan fingerprint density at radius 2 is 2.04 bits per heavy atom. The van der Waals surface area contributed by atoms with Crippen molar-refractivity contribution in [3.05, 3.63) is 22.7 Å². The lowest BCUT2D eigenvalue weighted by molar-refractivity contribution is 0.0152. The van der Waals surface area contributed by atoms with Gasteiger partial charge in [-0.05, 0) is 19.1 Å². The Bertz CT molecular complexity index is 735. The van der Waals surface area contributed by atoms with Gasteiger partial charge in [-0.1, -0.05) is 16.8 Å². The molecule has 0 aromatic heterocycles. The lowest BCUT2D eigenvalue weighted by atomic mass is 10.1. The van der Waals surface area contributed by atoms with E-state index < -0.39 is 15.4 Å². The summed E-state index contributed by atoms with van der Waals surface area (Å²) >= 11 is 11.9. The third kappa shape index (κ3) is 3.67. The summed E-state index contributed by atoms with van der Waals surface area (Å²) in [6.45, 7) is 1.70. The standard InChI is InChI=1S/C14H17Cl2NO5S/c1-14(8-15)6-12(17-22-14)23(18,19)7-9-11(20-2)5-4-10(16)13(9)21-3/h4-5H,6-8H2,1-3H3. The Balaban J connectivity index is 2.37. The number of alkyl halides is 1. The normalized spacial score (nSPS) is 20.8. The Kier molecular flexibility index (Phi) is 5.33. The number of ether oxygens (including phenoxy) is 2. The number of hydrogen-bond donors (Lipinski definition) is 0. The lowest BCUT2D eigenvalue weighted by Crippen LogP contribution is -2.28. The first-order valence-corrected chi connectivity index (χ1v) is 9.26. The maximum atomic E-state index is 12.6. The lowest BCUT2D eigenvalue weighted by Gasteiger charge is -2.17. The van der Waals surface area contributed by atoms with Crippen molar-refractivity contribution in [1.29, 1.82) is 0 Å². The summed E-state index contributed by atoms with van der Waals surface area (Å²) < 4.78 is 35.7. The zero-order chi connectivity index (χ0) is 17.3. The van der Waals surface area contributed by atoms with E-state index >= 15 is 0 Å². The molecule has 23 heavy (non-hydrogen) atoms. The molecule has 0 saturated carbocycles. The number of nitrogens with zero attached hydrogens (tertiary/aromatic N) is 1. The van der Waals surface area contributed by atoms with Gasteiger partial charge in [0.15, 0.2) is 20.5 Å². The molecule has 0 amide bonds. The van der Waals surface area contributed by atoms with E-state index in [0.717, 1.165) is 0 Å². The second-order valence-electron chi connectivity index (χ2n) is 5.36. The summed E-state index contributed by atoms with van der Waals surface area (Å²) in [5, 5.41) is 3.94. The Hall–Kier alpha value is -1.18. The largest absolute Gasteiger partial charge is 0.496 e. The summed E-state index contributed by atoms with van der Waals surface area (Å²) in [5.74, 6) is 0.406. The summed E-state index contributed by atoms with van der Waals surface area (Å²) in [4.78, 5) is 5.15. The maximum Gasteiger partial charge on any atom is 0.199 e. The van der Waals surface area contributed by atoms with Gasteiger partial charge in [0, 0.05) is 6.42 Å². The van der Waals surface area contributed by atoms with E-state index in [9.17, 15) is 8.42 Å². The molecule has 1 aromatic rings. The average molecular weight is 382 g/mol. The molecule has 0 radical (unpaired) electrons. The number of sulfone groups is 1. The molecule has 0 saturated heterocycles. The van der Waals surface area contributed by atoms with Crippen LogP contribution in [0.25, 0.3) is 0 Å². The third-order valence-corrected chi connectivity index (χ3v) is 5.93. The Morgan fingerprint density at radius 1 is 1.35 bits per heavy atom. The molecule has 9 heteroatoms. The van der Waals surface area contributed by atoms with Crippen LogP contribution in [-0.2, 0) is 20.4 Å². The number of methoxy groups -OCH3 is 2. The van der Waals surface area contributed by atoms with Crippen LogP contribution in [0.2, 0.25) is 5.02 Å². The molecule has 6 nitrogen and oxygen atoms in total. The molecule has 1 aromatic carbocycles. The van der Waals surface area contributed by atoms with E-state index in [4.69, 9.17) is 37.5 Å². The van der Waals surface area contributed by atoms with Gasteiger partial charge in [0.05, 0.1) is 36.4 Å². The predicted octanol–water partition coefficient (Wildman–Crippen LogP) is 3.00. The highest BCUT2D eigenvalue weighted by atomic mass is 35.5. The van der Waals surface area contributed by atoms with Crippen molar-refractivity contribution in [2.24, 2.45) is 5.16 Å². The fourth-order valence-electron chi connectivity index (χ4n) is 2.19. The maximum absolute atomic E-state index is 12.6. The van der Waals surface area contributed by atoms with E-state index in [2.05, 4.69) is 5.16 Å². The zero-order valence-electron chi connectivity index (χ0n) is 12.9. The number of hydrogen-bond acceptors (Lipinski definition) is 6. The molecule has 0 spiro atoms. The first kappa shape index (κ1) is 18.2. The van der Waals surface area contributed by atoms with Crippen molar-refractivity contribution >= 4 is 38.1 Å². The van der Waals surface area contributed by atoms with Crippen molar-refractivity contribution < 1.29 is 22.7 Å². The van der Waals surface area contributed by atoms with Crippen LogP contribution in [0.4, 0.5) is 0 Å². The van der Waals surface area contributed by atoms with Gasteiger partial charge in [0.25, 0.3) is 0 Å². The first-order chi connectivity index (χ1) is 10.8. The van der Waals surface area contributed by atoms with Crippen LogP contribution in [-0.4, -0.2) is 39.2 Å². The Labute approximate surface area is 145 Å². The average Bonchev–Trinajstić information content (AvgIpc) is 2.92. The number of benzene rings is 1. The highest BCUT2D eigenvalue weighted by molar-refractivity contribution is 8.05. The van der Waals surface area contributed by atoms with Gasteiger partial charge in [0.1, 0.15) is 11.5 Å².